The van der Waals surface area contributed by atoms with Crippen molar-refractivity contribution in [2.45, 2.75) is 37.6 Å². The Morgan fingerprint density at radius 3 is 2.41 bits per heavy atom. The van der Waals surface area contributed by atoms with Crippen LogP contribution in [0.2, 0.25) is 0 Å². The van der Waals surface area contributed by atoms with Crippen molar-refractivity contribution in [2.24, 2.45) is 0 Å². The van der Waals surface area contributed by atoms with E-state index in [1.165, 1.54) is 6.92 Å². The molecule has 1 aliphatic rings. The van der Waals surface area contributed by atoms with E-state index in [1.54, 1.807) is 24.3 Å². The fraction of sp³-hybridized carbons (Fsp3) is 0.562. The Morgan fingerprint density at radius 1 is 1.27 bits per heavy atom. The van der Waals surface area contributed by atoms with Gasteiger partial charge in [-0.3, -0.25) is 4.79 Å². The number of nitrogens with one attached hydrogen (secondary N) is 1. The normalized spacial score (nSPS) is 20.4. The SMILES string of the molecule is CC(=O)SCC(O)C(O)c1ccc(C2(O)CCNCC2)cc1. The van der Waals surface area contributed by atoms with Crippen molar-refractivity contribution in [2.75, 3.05) is 18.8 Å². The highest BCUT2D eigenvalue weighted by molar-refractivity contribution is 8.13. The molecule has 0 bridgehead atoms. The van der Waals surface area contributed by atoms with Crippen LogP contribution in [0.4, 0.5) is 0 Å². The number of aliphatic hydroxyl groups is 3. The first-order chi connectivity index (χ1) is 10.4. The van der Waals surface area contributed by atoms with E-state index < -0.39 is 17.8 Å². The van der Waals surface area contributed by atoms with Crippen molar-refractivity contribution in [3.8, 4) is 0 Å². The monoisotopic (exact) mass is 325 g/mol. The van der Waals surface area contributed by atoms with E-state index >= 15 is 0 Å². The van der Waals surface area contributed by atoms with Gasteiger partial charge in [-0.15, -0.1) is 0 Å². The molecule has 6 heteroatoms. The number of rotatable bonds is 5. The summed E-state index contributed by atoms with van der Waals surface area (Å²) < 4.78 is 0. The van der Waals surface area contributed by atoms with Gasteiger partial charge in [0.2, 0.25) is 0 Å². The van der Waals surface area contributed by atoms with Crippen LogP contribution in [0.1, 0.15) is 37.0 Å². The van der Waals surface area contributed by atoms with E-state index in [1.807, 2.05) is 0 Å². The van der Waals surface area contributed by atoms with Crippen molar-refractivity contribution in [1.29, 1.82) is 0 Å². The Labute approximate surface area is 134 Å². The fourth-order valence-corrected chi connectivity index (χ4v) is 3.22. The fourth-order valence-electron chi connectivity index (χ4n) is 2.64. The van der Waals surface area contributed by atoms with Crippen molar-refractivity contribution in [3.05, 3.63) is 35.4 Å². The maximum absolute atomic E-state index is 10.9. The molecule has 1 fully saturated rings. The summed E-state index contributed by atoms with van der Waals surface area (Å²) in [4.78, 5) is 10.9. The number of carbonyl (C=O) groups is 1. The average Bonchev–Trinajstić information content (AvgIpc) is 2.52. The molecule has 0 amide bonds. The molecule has 1 saturated heterocycles. The Hall–Kier alpha value is -0.920. The standard InChI is InChI=1S/C16H23NO4S/c1-11(18)22-10-14(19)15(20)12-2-4-13(5-3-12)16(21)6-8-17-9-7-16/h2-5,14-15,17,19-21H,6-10H2,1H3. The van der Waals surface area contributed by atoms with Crippen molar-refractivity contribution in [1.82, 2.24) is 5.32 Å². The first-order valence-electron chi connectivity index (χ1n) is 7.45. The van der Waals surface area contributed by atoms with Gasteiger partial charge in [-0.05, 0) is 37.1 Å². The number of hydrogen-bond donors (Lipinski definition) is 4. The second-order valence-electron chi connectivity index (χ2n) is 5.72. The first-order valence-corrected chi connectivity index (χ1v) is 8.44. The third kappa shape index (κ3) is 4.30. The Balaban J connectivity index is 2.03. The first kappa shape index (κ1) is 17.4. The molecule has 1 aliphatic heterocycles. The van der Waals surface area contributed by atoms with Gasteiger partial charge in [-0.1, -0.05) is 36.0 Å². The summed E-state index contributed by atoms with van der Waals surface area (Å²) in [6.45, 7) is 2.99. The predicted molar refractivity (Wildman–Crippen MR) is 86.5 cm³/mol. The molecule has 0 saturated carbocycles. The number of hydrogen-bond acceptors (Lipinski definition) is 6. The lowest BCUT2D eigenvalue weighted by atomic mass is 9.84. The van der Waals surface area contributed by atoms with Gasteiger partial charge < -0.3 is 20.6 Å². The molecule has 2 atom stereocenters. The third-order valence-corrected chi connectivity index (χ3v) is 4.96. The molecule has 1 aromatic rings. The molecule has 5 nitrogen and oxygen atoms in total. The molecular formula is C16H23NO4S. The van der Waals surface area contributed by atoms with Gasteiger partial charge in [-0.2, -0.15) is 0 Å². The molecule has 0 aliphatic carbocycles. The highest BCUT2D eigenvalue weighted by atomic mass is 32.2. The summed E-state index contributed by atoms with van der Waals surface area (Å²) in [5.41, 5.74) is 0.591. The van der Waals surface area contributed by atoms with Crippen LogP contribution in [0.3, 0.4) is 0 Å². The maximum atomic E-state index is 10.9. The number of thioether (sulfide) groups is 1. The highest BCUT2D eigenvalue weighted by Gasteiger charge is 2.31. The quantitative estimate of drug-likeness (QED) is 0.644. The molecule has 4 N–H and O–H groups in total. The molecule has 0 radical (unpaired) electrons. The molecular weight excluding hydrogens is 302 g/mol. The van der Waals surface area contributed by atoms with E-state index in [0.717, 1.165) is 30.4 Å². The van der Waals surface area contributed by atoms with Gasteiger partial charge in [0, 0.05) is 12.7 Å². The summed E-state index contributed by atoms with van der Waals surface area (Å²) in [6.07, 6.45) is -0.718. The zero-order chi connectivity index (χ0) is 16.2. The largest absolute Gasteiger partial charge is 0.389 e. The minimum atomic E-state index is -1.04. The summed E-state index contributed by atoms with van der Waals surface area (Å²) in [7, 11) is 0. The van der Waals surface area contributed by atoms with Crippen LogP contribution in [0, 0.1) is 0 Å². The van der Waals surface area contributed by atoms with Crippen LogP contribution in [0.25, 0.3) is 0 Å². The number of carbonyl (C=O) groups excluding carboxylic acids is 1. The lowest BCUT2D eigenvalue weighted by Crippen LogP contribution is -2.39. The van der Waals surface area contributed by atoms with E-state index in [-0.39, 0.29) is 10.9 Å². The lowest BCUT2D eigenvalue weighted by molar-refractivity contribution is -0.109. The van der Waals surface area contributed by atoms with Gasteiger partial charge in [0.25, 0.3) is 0 Å². The van der Waals surface area contributed by atoms with Crippen LogP contribution in [-0.2, 0) is 10.4 Å². The second-order valence-corrected chi connectivity index (χ2v) is 6.92. The van der Waals surface area contributed by atoms with Crippen LogP contribution < -0.4 is 5.32 Å². The van der Waals surface area contributed by atoms with Gasteiger partial charge >= 0.3 is 0 Å². The van der Waals surface area contributed by atoms with E-state index in [9.17, 15) is 20.1 Å². The molecule has 0 spiro atoms. The van der Waals surface area contributed by atoms with Crippen molar-refractivity contribution < 1.29 is 20.1 Å². The lowest BCUT2D eigenvalue weighted by Gasteiger charge is -2.33. The third-order valence-electron chi connectivity index (χ3n) is 4.04. The minimum Gasteiger partial charge on any atom is -0.389 e. The highest BCUT2D eigenvalue weighted by Crippen LogP contribution is 2.31. The smallest absolute Gasteiger partial charge is 0.185 e. The van der Waals surface area contributed by atoms with E-state index in [4.69, 9.17) is 0 Å². The predicted octanol–water partition coefficient (Wildman–Crippen LogP) is 0.932. The molecule has 22 heavy (non-hydrogen) atoms. The van der Waals surface area contributed by atoms with Gasteiger partial charge in [-0.25, -0.2) is 0 Å². The van der Waals surface area contributed by atoms with Crippen LogP contribution >= 0.6 is 11.8 Å². The van der Waals surface area contributed by atoms with Gasteiger partial charge in [0.1, 0.15) is 6.10 Å². The maximum Gasteiger partial charge on any atom is 0.185 e. The van der Waals surface area contributed by atoms with Crippen molar-refractivity contribution in [3.63, 3.8) is 0 Å². The minimum absolute atomic E-state index is 0.0882. The van der Waals surface area contributed by atoms with Crippen LogP contribution in [0.5, 0.6) is 0 Å². The zero-order valence-electron chi connectivity index (χ0n) is 12.7. The molecule has 1 heterocycles. The van der Waals surface area contributed by atoms with Crippen LogP contribution in [-0.4, -0.2) is 45.4 Å². The summed E-state index contributed by atoms with van der Waals surface area (Å²) in [5.74, 6) is 0.161. The van der Waals surface area contributed by atoms with E-state index in [2.05, 4.69) is 5.32 Å². The Bertz CT molecular complexity index is 499. The number of benzene rings is 1. The second kappa shape index (κ2) is 7.57. The van der Waals surface area contributed by atoms with Gasteiger partial charge in [0.15, 0.2) is 5.12 Å². The van der Waals surface area contributed by atoms with Crippen LogP contribution in [0.15, 0.2) is 24.3 Å². The topological polar surface area (TPSA) is 89.8 Å². The zero-order valence-corrected chi connectivity index (χ0v) is 13.5. The average molecular weight is 325 g/mol. The summed E-state index contributed by atoms with van der Waals surface area (Å²) in [5, 5.41) is 33.8. The summed E-state index contributed by atoms with van der Waals surface area (Å²) in [6, 6.07) is 7.05. The summed E-state index contributed by atoms with van der Waals surface area (Å²) >= 11 is 0.992. The number of aliphatic hydroxyl groups excluding tert-OH is 2. The molecule has 2 rings (SSSR count). The van der Waals surface area contributed by atoms with Gasteiger partial charge in [0.05, 0.1) is 11.7 Å². The molecule has 122 valence electrons. The molecule has 2 unspecified atom stereocenters. The van der Waals surface area contributed by atoms with Crippen molar-refractivity contribution >= 4 is 16.9 Å². The number of piperidine rings is 1. The molecule has 1 aromatic carbocycles. The van der Waals surface area contributed by atoms with E-state index in [0.29, 0.717) is 18.4 Å². The Kier molecular flexibility index (Phi) is 6.00. The Morgan fingerprint density at radius 2 is 1.86 bits per heavy atom. The molecule has 0 aromatic heterocycles.